The molecule has 2 fully saturated rings. The van der Waals surface area contributed by atoms with Crippen molar-refractivity contribution < 1.29 is 4.79 Å². The highest BCUT2D eigenvalue weighted by Gasteiger charge is 2.28. The molecule has 0 bridgehead atoms. The van der Waals surface area contributed by atoms with E-state index in [1.807, 2.05) is 4.90 Å². The number of nitrogens with zero attached hydrogens (tertiary/aromatic N) is 4. The number of aromatic amines is 1. The zero-order chi connectivity index (χ0) is 16.4. The van der Waals surface area contributed by atoms with E-state index < -0.39 is 0 Å². The Bertz CT molecular complexity index is 706. The Labute approximate surface area is 142 Å². The molecule has 128 valence electrons. The maximum atomic E-state index is 12.6. The van der Waals surface area contributed by atoms with Crippen LogP contribution in [0.25, 0.3) is 11.2 Å². The predicted molar refractivity (Wildman–Crippen MR) is 91.4 cm³/mol. The van der Waals surface area contributed by atoms with Crippen LogP contribution in [0.3, 0.4) is 0 Å². The predicted octanol–water partition coefficient (Wildman–Crippen LogP) is 3.03. The average Bonchev–Trinajstić information content (AvgIpc) is 3.29. The largest absolute Gasteiger partial charge is 0.342 e. The van der Waals surface area contributed by atoms with Crippen LogP contribution >= 0.6 is 0 Å². The molecule has 3 heterocycles. The molecule has 1 aliphatic carbocycles. The van der Waals surface area contributed by atoms with Crippen molar-refractivity contribution in [1.82, 2.24) is 25.1 Å². The summed E-state index contributed by atoms with van der Waals surface area (Å²) in [6.07, 6.45) is 12.6. The first-order valence-corrected chi connectivity index (χ1v) is 9.24. The van der Waals surface area contributed by atoms with Crippen LogP contribution in [0.2, 0.25) is 0 Å². The van der Waals surface area contributed by atoms with Gasteiger partial charge in [-0.15, -0.1) is 0 Å². The fourth-order valence-corrected chi connectivity index (χ4v) is 4.28. The van der Waals surface area contributed by atoms with Crippen LogP contribution in [-0.2, 0) is 4.79 Å². The zero-order valence-corrected chi connectivity index (χ0v) is 14.1. The van der Waals surface area contributed by atoms with Gasteiger partial charge in [0.1, 0.15) is 5.52 Å². The van der Waals surface area contributed by atoms with Crippen molar-refractivity contribution in [2.45, 2.75) is 57.3 Å². The number of rotatable bonds is 4. The van der Waals surface area contributed by atoms with Gasteiger partial charge in [-0.2, -0.15) is 5.10 Å². The molecule has 2 aliphatic rings. The van der Waals surface area contributed by atoms with Gasteiger partial charge in [0, 0.05) is 37.8 Å². The minimum atomic E-state index is 0.288. The van der Waals surface area contributed by atoms with E-state index in [1.54, 1.807) is 12.4 Å². The van der Waals surface area contributed by atoms with E-state index in [9.17, 15) is 4.79 Å². The summed E-state index contributed by atoms with van der Waals surface area (Å²) in [6.45, 7) is 1.66. The number of amides is 1. The molecule has 0 unspecified atom stereocenters. The van der Waals surface area contributed by atoms with Gasteiger partial charge in [0.2, 0.25) is 5.91 Å². The van der Waals surface area contributed by atoms with Gasteiger partial charge in [-0.05, 0) is 25.2 Å². The average molecular weight is 327 g/mol. The van der Waals surface area contributed by atoms with Crippen LogP contribution in [0.4, 0.5) is 0 Å². The quantitative estimate of drug-likeness (QED) is 0.936. The van der Waals surface area contributed by atoms with E-state index >= 15 is 0 Å². The number of hydrogen-bond donors (Lipinski definition) is 1. The Balaban J connectivity index is 1.40. The summed E-state index contributed by atoms with van der Waals surface area (Å²) in [5.74, 6) is 1.39. The maximum Gasteiger partial charge on any atom is 0.222 e. The van der Waals surface area contributed by atoms with Crippen LogP contribution in [0.5, 0.6) is 0 Å². The molecule has 1 amide bonds. The van der Waals surface area contributed by atoms with Gasteiger partial charge in [-0.1, -0.05) is 25.7 Å². The summed E-state index contributed by atoms with van der Waals surface area (Å²) in [7, 11) is 0. The summed E-state index contributed by atoms with van der Waals surface area (Å²) in [5, 5.41) is 7.36. The molecule has 6 heteroatoms. The summed E-state index contributed by atoms with van der Waals surface area (Å²) in [5.41, 5.74) is 2.55. The van der Waals surface area contributed by atoms with Crippen LogP contribution in [0, 0.1) is 5.92 Å². The van der Waals surface area contributed by atoms with Crippen LogP contribution in [0.15, 0.2) is 12.4 Å². The monoisotopic (exact) mass is 327 g/mol. The molecule has 2 aromatic rings. The van der Waals surface area contributed by atoms with Crippen molar-refractivity contribution in [2.75, 3.05) is 13.1 Å². The number of aromatic nitrogens is 4. The maximum absolute atomic E-state index is 12.6. The van der Waals surface area contributed by atoms with E-state index in [4.69, 9.17) is 0 Å². The van der Waals surface area contributed by atoms with Crippen LogP contribution in [0.1, 0.15) is 63.0 Å². The molecule has 4 rings (SSSR count). The molecule has 1 atom stereocenters. The van der Waals surface area contributed by atoms with Gasteiger partial charge in [0.25, 0.3) is 0 Å². The molecule has 1 saturated heterocycles. The third kappa shape index (κ3) is 3.14. The van der Waals surface area contributed by atoms with Gasteiger partial charge >= 0.3 is 0 Å². The number of likely N-dealkylation sites (tertiary alicyclic amines) is 1. The minimum absolute atomic E-state index is 0.288. The second kappa shape index (κ2) is 6.87. The number of H-pyrrole nitrogens is 1. The van der Waals surface area contributed by atoms with Crippen molar-refractivity contribution in [1.29, 1.82) is 0 Å². The van der Waals surface area contributed by atoms with Gasteiger partial charge in [0.05, 0.1) is 5.69 Å². The highest BCUT2D eigenvalue weighted by molar-refractivity contribution is 5.77. The highest BCUT2D eigenvalue weighted by atomic mass is 16.2. The van der Waals surface area contributed by atoms with E-state index in [-0.39, 0.29) is 5.92 Å². The molecule has 0 radical (unpaired) electrons. The molecule has 2 aromatic heterocycles. The van der Waals surface area contributed by atoms with Crippen molar-refractivity contribution in [2.24, 2.45) is 5.92 Å². The minimum Gasteiger partial charge on any atom is -0.342 e. The standard InChI is InChI=1S/C18H25N5O/c24-15(8-7-13-4-1-2-5-13)23-11-3-6-14(12-23)16-17-18(22-21-16)20-10-9-19-17/h9-10,13-14H,1-8,11-12H2,(H,20,21,22)/t14-/m0/s1. The smallest absolute Gasteiger partial charge is 0.222 e. The normalized spacial score (nSPS) is 22.3. The number of carbonyl (C=O) groups is 1. The SMILES string of the molecule is O=C(CCC1CCCC1)N1CCC[C@H](c2[nH]nc3nccnc23)C1. The number of fused-ring (bicyclic) bond motifs is 1. The third-order valence-corrected chi connectivity index (χ3v) is 5.64. The Morgan fingerprint density at radius 1 is 1.17 bits per heavy atom. The van der Waals surface area contributed by atoms with Gasteiger partial charge in [0.15, 0.2) is 5.65 Å². The fourth-order valence-electron chi connectivity index (χ4n) is 4.28. The molecule has 0 aromatic carbocycles. The molecule has 1 saturated carbocycles. The van der Waals surface area contributed by atoms with Gasteiger partial charge in [-0.3, -0.25) is 9.89 Å². The molecule has 0 spiro atoms. The summed E-state index contributed by atoms with van der Waals surface area (Å²) in [4.78, 5) is 23.3. The Hall–Kier alpha value is -1.98. The molecular formula is C18H25N5O. The highest BCUT2D eigenvalue weighted by Crippen LogP contribution is 2.31. The van der Waals surface area contributed by atoms with Crippen LogP contribution in [-0.4, -0.2) is 44.1 Å². The summed E-state index contributed by atoms with van der Waals surface area (Å²) in [6, 6.07) is 0. The Morgan fingerprint density at radius 2 is 2.00 bits per heavy atom. The lowest BCUT2D eigenvalue weighted by molar-refractivity contribution is -0.132. The first kappa shape index (κ1) is 15.5. The third-order valence-electron chi connectivity index (χ3n) is 5.64. The second-order valence-corrected chi connectivity index (χ2v) is 7.23. The van der Waals surface area contributed by atoms with Crippen LogP contribution < -0.4 is 0 Å². The number of hydrogen-bond acceptors (Lipinski definition) is 4. The zero-order valence-electron chi connectivity index (χ0n) is 14.1. The number of carbonyl (C=O) groups excluding carboxylic acids is 1. The molecule has 6 nitrogen and oxygen atoms in total. The van der Waals surface area contributed by atoms with Gasteiger partial charge in [-0.25, -0.2) is 9.97 Å². The van der Waals surface area contributed by atoms with Gasteiger partial charge < -0.3 is 4.90 Å². The van der Waals surface area contributed by atoms with E-state index in [2.05, 4.69) is 20.2 Å². The van der Waals surface area contributed by atoms with Crippen molar-refractivity contribution in [3.05, 3.63) is 18.1 Å². The van der Waals surface area contributed by atoms with Crippen molar-refractivity contribution in [3.8, 4) is 0 Å². The molecule has 24 heavy (non-hydrogen) atoms. The first-order valence-electron chi connectivity index (χ1n) is 9.24. The second-order valence-electron chi connectivity index (χ2n) is 7.23. The number of nitrogens with one attached hydrogen (secondary N) is 1. The lowest BCUT2D eigenvalue weighted by atomic mass is 9.93. The lowest BCUT2D eigenvalue weighted by Gasteiger charge is -2.32. The molecular weight excluding hydrogens is 302 g/mol. The topological polar surface area (TPSA) is 74.8 Å². The molecule has 1 aliphatic heterocycles. The summed E-state index contributed by atoms with van der Waals surface area (Å²) < 4.78 is 0. The first-order chi connectivity index (χ1) is 11.8. The number of piperidine rings is 1. The van der Waals surface area contributed by atoms with Crippen molar-refractivity contribution in [3.63, 3.8) is 0 Å². The Morgan fingerprint density at radius 3 is 2.88 bits per heavy atom. The van der Waals surface area contributed by atoms with E-state index in [0.717, 1.165) is 49.5 Å². The lowest BCUT2D eigenvalue weighted by Crippen LogP contribution is -2.39. The van der Waals surface area contributed by atoms with E-state index in [0.29, 0.717) is 18.0 Å². The Kier molecular flexibility index (Phi) is 4.45. The summed E-state index contributed by atoms with van der Waals surface area (Å²) >= 11 is 0. The molecule has 1 N–H and O–H groups in total. The van der Waals surface area contributed by atoms with E-state index in [1.165, 1.54) is 25.7 Å². The fraction of sp³-hybridized carbons (Fsp3) is 0.667. The van der Waals surface area contributed by atoms with Crippen molar-refractivity contribution >= 4 is 17.1 Å².